The van der Waals surface area contributed by atoms with Crippen LogP contribution < -0.4 is 14.5 Å². The van der Waals surface area contributed by atoms with E-state index in [2.05, 4.69) is 5.32 Å². The quantitative estimate of drug-likeness (QED) is 0.825. The Morgan fingerprint density at radius 1 is 1.56 bits per heavy atom. The summed E-state index contributed by atoms with van der Waals surface area (Å²) in [4.78, 5) is 11.2. The molecule has 0 radical (unpaired) electrons. The van der Waals surface area contributed by atoms with Gasteiger partial charge in [-0.05, 0) is 30.9 Å². The number of fused-ring (bicyclic) bond motifs is 1. The fourth-order valence-corrected chi connectivity index (χ4v) is 2.71. The number of ether oxygens (including phenoxy) is 1. The minimum atomic E-state index is -0.970. The van der Waals surface area contributed by atoms with Gasteiger partial charge in [-0.3, -0.25) is 4.42 Å². The lowest BCUT2D eigenvalue weighted by atomic mass is 10.1. The second kappa shape index (κ2) is 3.95. The van der Waals surface area contributed by atoms with Gasteiger partial charge in [0.05, 0.1) is 18.4 Å². The number of nitrogens with zero attached hydrogens (tertiary/aromatic N) is 1. The highest BCUT2D eigenvalue weighted by atomic mass is 35.5. The van der Waals surface area contributed by atoms with E-state index in [1.807, 2.05) is 0 Å². The van der Waals surface area contributed by atoms with Gasteiger partial charge in [-0.15, -0.1) is 0 Å². The number of carboxylic acid groups (broad SMARTS) is 1. The Labute approximate surface area is 109 Å². The summed E-state index contributed by atoms with van der Waals surface area (Å²) in [6, 6.07) is 3.17. The van der Waals surface area contributed by atoms with E-state index in [1.165, 1.54) is 6.07 Å². The molecule has 0 saturated heterocycles. The zero-order chi connectivity index (χ0) is 12.9. The highest BCUT2D eigenvalue weighted by Gasteiger charge is 2.42. The summed E-state index contributed by atoms with van der Waals surface area (Å²) in [7, 11) is 1.55. The van der Waals surface area contributed by atoms with Crippen LogP contribution in [0.5, 0.6) is 5.75 Å². The molecule has 18 heavy (non-hydrogen) atoms. The first-order valence-corrected chi connectivity index (χ1v) is 6.13. The molecule has 1 saturated carbocycles. The molecular formula is C12H13ClN2O3. The van der Waals surface area contributed by atoms with E-state index in [1.54, 1.807) is 17.6 Å². The van der Waals surface area contributed by atoms with Crippen LogP contribution in [0.2, 0.25) is 0 Å². The Bertz CT molecular complexity index is 516. The molecule has 0 aromatic heterocycles. The van der Waals surface area contributed by atoms with E-state index in [0.29, 0.717) is 23.0 Å². The SMILES string of the molecule is COc1ccc(C(=O)O)c2c1N(Cl)C(C1CC1)N2. The molecule has 1 heterocycles. The standard InChI is InChI=1S/C12H13ClN2O3/c1-18-8-5-4-7(12(16)17)9-10(8)15(13)11(14-9)6-2-3-6/h4-6,11,14H,2-3H2,1H3,(H,16,17). The number of benzene rings is 1. The van der Waals surface area contributed by atoms with Crippen molar-refractivity contribution in [3.05, 3.63) is 17.7 Å². The summed E-state index contributed by atoms with van der Waals surface area (Å²) in [5.74, 6) is 0.0878. The topological polar surface area (TPSA) is 61.8 Å². The molecule has 5 nitrogen and oxygen atoms in total. The summed E-state index contributed by atoms with van der Waals surface area (Å²) in [6.07, 6.45) is 2.18. The first kappa shape index (κ1) is 11.5. The van der Waals surface area contributed by atoms with Crippen LogP contribution >= 0.6 is 11.8 Å². The largest absolute Gasteiger partial charge is 0.494 e. The molecule has 1 aromatic carbocycles. The summed E-state index contributed by atoms with van der Waals surface area (Å²) in [6.45, 7) is 0. The third-order valence-corrected chi connectivity index (χ3v) is 3.79. The van der Waals surface area contributed by atoms with Gasteiger partial charge in [0.25, 0.3) is 0 Å². The molecule has 1 aliphatic heterocycles. The third-order valence-electron chi connectivity index (χ3n) is 3.41. The number of hydrogen-bond donors (Lipinski definition) is 2. The van der Waals surface area contributed by atoms with Crippen molar-refractivity contribution in [2.24, 2.45) is 5.92 Å². The van der Waals surface area contributed by atoms with E-state index >= 15 is 0 Å². The van der Waals surface area contributed by atoms with Gasteiger partial charge in [0.15, 0.2) is 0 Å². The normalized spacial score (nSPS) is 21.4. The molecule has 1 fully saturated rings. The molecule has 6 heteroatoms. The van der Waals surface area contributed by atoms with Gasteiger partial charge in [-0.25, -0.2) is 4.79 Å². The lowest BCUT2D eigenvalue weighted by Gasteiger charge is -2.19. The van der Waals surface area contributed by atoms with Gasteiger partial charge in [-0.1, -0.05) is 0 Å². The number of aromatic carboxylic acids is 1. The Kier molecular flexibility index (Phi) is 2.52. The molecule has 0 spiro atoms. The molecule has 2 N–H and O–H groups in total. The smallest absolute Gasteiger partial charge is 0.337 e. The van der Waals surface area contributed by atoms with Crippen LogP contribution in [0.4, 0.5) is 11.4 Å². The Balaban J connectivity index is 2.10. The first-order chi connectivity index (χ1) is 8.63. The molecule has 2 aliphatic rings. The summed E-state index contributed by atoms with van der Waals surface area (Å²) < 4.78 is 6.82. The van der Waals surface area contributed by atoms with Crippen LogP contribution in [-0.2, 0) is 0 Å². The summed E-state index contributed by atoms with van der Waals surface area (Å²) in [5.41, 5.74) is 1.39. The zero-order valence-electron chi connectivity index (χ0n) is 9.81. The van der Waals surface area contributed by atoms with Crippen LogP contribution in [0.25, 0.3) is 0 Å². The zero-order valence-corrected chi connectivity index (χ0v) is 10.6. The van der Waals surface area contributed by atoms with Crippen LogP contribution in [-0.4, -0.2) is 24.4 Å². The van der Waals surface area contributed by atoms with Crippen molar-refractivity contribution in [1.82, 2.24) is 0 Å². The fourth-order valence-electron chi connectivity index (χ4n) is 2.33. The fraction of sp³-hybridized carbons (Fsp3) is 0.417. The van der Waals surface area contributed by atoms with E-state index < -0.39 is 5.97 Å². The minimum Gasteiger partial charge on any atom is -0.494 e. The number of carboxylic acids is 1. The van der Waals surface area contributed by atoms with Crippen LogP contribution in [0.3, 0.4) is 0 Å². The lowest BCUT2D eigenvalue weighted by Crippen LogP contribution is -2.30. The number of nitrogens with one attached hydrogen (secondary N) is 1. The van der Waals surface area contributed by atoms with Gasteiger partial charge in [-0.2, -0.15) is 0 Å². The van der Waals surface area contributed by atoms with E-state index in [0.717, 1.165) is 12.8 Å². The maximum atomic E-state index is 11.2. The minimum absolute atomic E-state index is 0.0453. The maximum absolute atomic E-state index is 11.2. The van der Waals surface area contributed by atoms with E-state index in [4.69, 9.17) is 16.5 Å². The highest BCUT2D eigenvalue weighted by Crippen LogP contribution is 2.50. The monoisotopic (exact) mass is 268 g/mol. The maximum Gasteiger partial charge on any atom is 0.337 e. The number of carbonyl (C=O) groups is 1. The van der Waals surface area contributed by atoms with Crippen molar-refractivity contribution in [3.63, 3.8) is 0 Å². The van der Waals surface area contributed by atoms with Crippen molar-refractivity contribution < 1.29 is 14.6 Å². The molecule has 1 unspecified atom stereocenters. The van der Waals surface area contributed by atoms with Gasteiger partial charge >= 0.3 is 5.97 Å². The van der Waals surface area contributed by atoms with E-state index in [9.17, 15) is 9.90 Å². The van der Waals surface area contributed by atoms with Gasteiger partial charge in [0, 0.05) is 11.8 Å². The number of methoxy groups -OCH3 is 1. The van der Waals surface area contributed by atoms with Crippen LogP contribution in [0.15, 0.2) is 12.1 Å². The van der Waals surface area contributed by atoms with Crippen molar-refractivity contribution in [2.45, 2.75) is 19.0 Å². The van der Waals surface area contributed by atoms with Gasteiger partial charge in [0.1, 0.15) is 17.6 Å². The average Bonchev–Trinajstić information content (AvgIpc) is 3.13. The summed E-state index contributed by atoms with van der Waals surface area (Å²) in [5, 5.41) is 12.4. The predicted octanol–water partition coefficient (Wildman–Crippen LogP) is 2.52. The molecule has 96 valence electrons. The molecule has 1 aromatic rings. The number of halogens is 1. The molecule has 1 aliphatic carbocycles. The Morgan fingerprint density at radius 2 is 2.28 bits per heavy atom. The number of rotatable bonds is 3. The lowest BCUT2D eigenvalue weighted by molar-refractivity contribution is 0.0698. The number of anilines is 2. The predicted molar refractivity (Wildman–Crippen MR) is 68.4 cm³/mol. The van der Waals surface area contributed by atoms with E-state index in [-0.39, 0.29) is 11.7 Å². The highest BCUT2D eigenvalue weighted by molar-refractivity contribution is 6.29. The van der Waals surface area contributed by atoms with Crippen molar-refractivity contribution >= 4 is 29.1 Å². The molecular weight excluding hydrogens is 256 g/mol. The molecule has 0 amide bonds. The summed E-state index contributed by atoms with van der Waals surface area (Å²) >= 11 is 6.30. The third kappa shape index (κ3) is 1.58. The van der Waals surface area contributed by atoms with Crippen molar-refractivity contribution in [1.29, 1.82) is 0 Å². The van der Waals surface area contributed by atoms with Crippen LogP contribution in [0.1, 0.15) is 23.2 Å². The van der Waals surface area contributed by atoms with Crippen molar-refractivity contribution in [2.75, 3.05) is 16.8 Å². The van der Waals surface area contributed by atoms with Gasteiger partial charge in [0.2, 0.25) is 0 Å². The van der Waals surface area contributed by atoms with Crippen molar-refractivity contribution in [3.8, 4) is 5.75 Å². The molecule has 0 bridgehead atoms. The first-order valence-electron chi connectivity index (χ1n) is 5.79. The Hall–Kier alpha value is -1.62. The van der Waals surface area contributed by atoms with Crippen LogP contribution in [0, 0.1) is 5.92 Å². The molecule has 1 atom stereocenters. The second-order valence-electron chi connectivity index (χ2n) is 4.58. The average molecular weight is 269 g/mol. The molecule has 3 rings (SSSR count). The second-order valence-corrected chi connectivity index (χ2v) is 4.95. The number of hydrogen-bond acceptors (Lipinski definition) is 4. The Morgan fingerprint density at radius 3 is 2.83 bits per heavy atom. The van der Waals surface area contributed by atoms with Gasteiger partial charge < -0.3 is 15.2 Å².